The first-order chi connectivity index (χ1) is 24.6. The molecule has 3 aromatic carbocycles. The largest absolute Gasteiger partial charge is 0.390 e. The summed E-state index contributed by atoms with van der Waals surface area (Å²) in [5.41, 5.74) is 2.12. The van der Waals surface area contributed by atoms with Crippen LogP contribution in [0.2, 0.25) is 25.7 Å². The highest BCUT2D eigenvalue weighted by Crippen LogP contribution is 2.22. The van der Waals surface area contributed by atoms with Gasteiger partial charge in [-0.1, -0.05) is 80.3 Å². The van der Waals surface area contributed by atoms with Crippen LogP contribution in [0.4, 0.5) is 5.69 Å². The summed E-state index contributed by atoms with van der Waals surface area (Å²) in [5.74, 6) is -0.290. The van der Waals surface area contributed by atoms with Crippen molar-refractivity contribution in [2.24, 2.45) is 0 Å². The Labute approximate surface area is 308 Å². The molecular formula is C38H52N6O6SSi. The van der Waals surface area contributed by atoms with Crippen LogP contribution in [0.3, 0.4) is 0 Å². The molecule has 0 aliphatic heterocycles. The third kappa shape index (κ3) is 12.4. The summed E-state index contributed by atoms with van der Waals surface area (Å²) in [7, 11) is -3.56. The van der Waals surface area contributed by atoms with E-state index in [9.17, 15) is 23.1 Å². The molecule has 2 amide bonds. The van der Waals surface area contributed by atoms with Gasteiger partial charge >= 0.3 is 0 Å². The smallest absolute Gasteiger partial charge is 0.251 e. The van der Waals surface area contributed by atoms with Gasteiger partial charge in [0.05, 0.1) is 36.7 Å². The van der Waals surface area contributed by atoms with Crippen LogP contribution >= 0.6 is 0 Å². The molecule has 1 heterocycles. The van der Waals surface area contributed by atoms with E-state index < -0.39 is 42.1 Å². The molecule has 0 radical (unpaired) electrons. The molecule has 1 aromatic heterocycles. The fourth-order valence-electron chi connectivity index (χ4n) is 5.39. The highest BCUT2D eigenvalue weighted by Gasteiger charge is 2.25. The maximum absolute atomic E-state index is 13.9. The zero-order valence-corrected chi connectivity index (χ0v) is 32.7. The second-order valence-electron chi connectivity index (χ2n) is 14.2. The van der Waals surface area contributed by atoms with Crippen molar-refractivity contribution in [3.8, 4) is 0 Å². The third-order valence-electron chi connectivity index (χ3n) is 8.69. The zero-order chi connectivity index (χ0) is 37.9. The first-order valence-corrected chi connectivity index (χ1v) is 22.9. The average Bonchev–Trinajstić information content (AvgIpc) is 3.56. The van der Waals surface area contributed by atoms with E-state index in [1.54, 1.807) is 6.20 Å². The number of carbonyl (C=O) groups excluding carboxylic acids is 2. The van der Waals surface area contributed by atoms with Crippen molar-refractivity contribution in [2.45, 2.75) is 70.5 Å². The Bertz CT molecular complexity index is 1870. The lowest BCUT2D eigenvalue weighted by Crippen LogP contribution is -2.48. The number of aliphatic hydroxyl groups is 1. The van der Waals surface area contributed by atoms with E-state index in [1.807, 2.05) is 78.4 Å². The van der Waals surface area contributed by atoms with Crippen molar-refractivity contribution < 1.29 is 27.9 Å². The highest BCUT2D eigenvalue weighted by atomic mass is 32.2. The molecule has 0 bridgehead atoms. The molecule has 0 aliphatic carbocycles. The standard InChI is InChI=1S/C38H52N6O6SSi/c1-28(30-15-11-8-12-16-30)41-37(46)31-22-32(24-33(23-31)43(2)51(3,48)49)38(47)42-34(21-29-13-9-7-10-14-29)35(45)25-39-26-36-40-17-18-44(36)27-50-19-20-52(4,5)6/h7-18,22-24,28,34-35,39,45H,19-21,25-27H2,1-6H3,(H,41,46)(H,42,47). The van der Waals surface area contributed by atoms with Crippen molar-refractivity contribution in [1.82, 2.24) is 25.5 Å². The molecule has 0 saturated carbocycles. The van der Waals surface area contributed by atoms with Crippen LogP contribution in [0, 0.1) is 0 Å². The number of imidazole rings is 1. The van der Waals surface area contributed by atoms with E-state index in [-0.39, 0.29) is 29.4 Å². The van der Waals surface area contributed by atoms with E-state index in [0.717, 1.165) is 33.6 Å². The molecule has 0 saturated heterocycles. The summed E-state index contributed by atoms with van der Waals surface area (Å²) in [4.78, 5) is 31.8. The average molecular weight is 749 g/mol. The molecule has 4 aromatic rings. The van der Waals surface area contributed by atoms with Gasteiger partial charge in [0.15, 0.2) is 0 Å². The van der Waals surface area contributed by atoms with Gasteiger partial charge in [0.1, 0.15) is 12.6 Å². The van der Waals surface area contributed by atoms with Crippen molar-refractivity contribution >= 4 is 35.6 Å². The van der Waals surface area contributed by atoms with Gasteiger partial charge in [-0.15, -0.1) is 0 Å². The highest BCUT2D eigenvalue weighted by molar-refractivity contribution is 7.92. The molecule has 52 heavy (non-hydrogen) atoms. The van der Waals surface area contributed by atoms with Gasteiger partial charge < -0.3 is 30.4 Å². The first-order valence-electron chi connectivity index (χ1n) is 17.4. The number of carbonyl (C=O) groups is 2. The molecule has 0 fully saturated rings. The normalized spacial score (nSPS) is 13.6. The van der Waals surface area contributed by atoms with E-state index in [0.29, 0.717) is 26.3 Å². The lowest BCUT2D eigenvalue weighted by Gasteiger charge is -2.25. The summed E-state index contributed by atoms with van der Waals surface area (Å²) < 4.78 is 33.8. The van der Waals surface area contributed by atoms with E-state index in [2.05, 4.69) is 40.6 Å². The predicted octanol–water partition coefficient (Wildman–Crippen LogP) is 4.57. The number of ether oxygens (including phenoxy) is 1. The maximum atomic E-state index is 13.9. The Balaban J connectivity index is 1.51. The number of nitrogens with one attached hydrogen (secondary N) is 3. The van der Waals surface area contributed by atoms with E-state index >= 15 is 0 Å². The van der Waals surface area contributed by atoms with Crippen LogP contribution in [-0.2, 0) is 34.5 Å². The number of hydrogen-bond donors (Lipinski definition) is 4. The topological polar surface area (TPSA) is 155 Å². The van der Waals surface area contributed by atoms with Crippen molar-refractivity contribution in [1.29, 1.82) is 0 Å². The predicted molar refractivity (Wildman–Crippen MR) is 207 cm³/mol. The number of nitrogens with zero attached hydrogens (tertiary/aromatic N) is 3. The summed E-state index contributed by atoms with van der Waals surface area (Å²) in [6, 6.07) is 23.2. The Morgan fingerprint density at radius 3 is 2.19 bits per heavy atom. The number of rotatable bonds is 19. The number of benzene rings is 3. The molecule has 0 spiro atoms. The number of sulfonamides is 1. The molecule has 0 aliphatic rings. The maximum Gasteiger partial charge on any atom is 0.251 e. The Kier molecular flexibility index (Phi) is 14.3. The summed E-state index contributed by atoms with van der Waals surface area (Å²) in [6.07, 6.45) is 3.91. The fourth-order valence-corrected chi connectivity index (χ4v) is 6.64. The fraction of sp³-hybridized carbons (Fsp3) is 0.395. The minimum Gasteiger partial charge on any atom is -0.390 e. The molecule has 12 nitrogen and oxygen atoms in total. The lowest BCUT2D eigenvalue weighted by atomic mass is 10.00. The van der Waals surface area contributed by atoms with Gasteiger partial charge in [-0.3, -0.25) is 13.9 Å². The molecule has 14 heteroatoms. The summed E-state index contributed by atoms with van der Waals surface area (Å²) in [5, 5.41) is 20.6. The van der Waals surface area contributed by atoms with Crippen LogP contribution in [0.15, 0.2) is 91.3 Å². The Hall–Kier alpha value is -4.34. The second-order valence-corrected chi connectivity index (χ2v) is 21.9. The van der Waals surface area contributed by atoms with Gasteiger partial charge in [-0.2, -0.15) is 0 Å². The van der Waals surface area contributed by atoms with Crippen molar-refractivity contribution in [3.63, 3.8) is 0 Å². The molecule has 4 rings (SSSR count). The van der Waals surface area contributed by atoms with Crippen LogP contribution in [-0.4, -0.2) is 81.6 Å². The van der Waals surface area contributed by atoms with E-state index in [4.69, 9.17) is 4.74 Å². The monoisotopic (exact) mass is 748 g/mol. The number of anilines is 1. The van der Waals surface area contributed by atoms with Gasteiger partial charge in [-0.25, -0.2) is 13.4 Å². The summed E-state index contributed by atoms with van der Waals surface area (Å²) in [6.45, 7) is 10.3. The number of aliphatic hydroxyl groups excluding tert-OH is 1. The SMILES string of the molecule is CC(NC(=O)c1cc(C(=O)NC(Cc2ccccc2)C(O)CNCc2nccn2COCC[Si](C)(C)C)cc(N(C)S(C)(=O)=O)c1)c1ccccc1. The van der Waals surface area contributed by atoms with Gasteiger partial charge in [0.2, 0.25) is 10.0 Å². The number of aromatic nitrogens is 2. The van der Waals surface area contributed by atoms with Crippen LogP contribution < -0.4 is 20.3 Å². The molecule has 4 N–H and O–H groups in total. The van der Waals surface area contributed by atoms with Crippen LogP contribution in [0.5, 0.6) is 0 Å². The quantitative estimate of drug-likeness (QED) is 0.0804. The number of hydrogen-bond acceptors (Lipinski definition) is 8. The van der Waals surface area contributed by atoms with Gasteiger partial charge in [-0.05, 0) is 48.7 Å². The minimum atomic E-state index is -3.72. The number of amides is 2. The molecule has 3 unspecified atom stereocenters. The summed E-state index contributed by atoms with van der Waals surface area (Å²) >= 11 is 0. The first kappa shape index (κ1) is 40.4. The zero-order valence-electron chi connectivity index (χ0n) is 30.9. The second kappa shape index (κ2) is 18.4. The van der Waals surface area contributed by atoms with E-state index in [1.165, 1.54) is 25.2 Å². The Morgan fingerprint density at radius 1 is 0.962 bits per heavy atom. The molecular weight excluding hydrogens is 697 g/mol. The Morgan fingerprint density at radius 2 is 1.58 bits per heavy atom. The molecule has 280 valence electrons. The van der Waals surface area contributed by atoms with Crippen LogP contribution in [0.25, 0.3) is 0 Å². The molecule has 3 atom stereocenters. The third-order valence-corrected chi connectivity index (χ3v) is 11.6. The van der Waals surface area contributed by atoms with Gasteiger partial charge in [0.25, 0.3) is 11.8 Å². The van der Waals surface area contributed by atoms with Crippen LogP contribution in [0.1, 0.15) is 50.6 Å². The minimum absolute atomic E-state index is 0.0693. The van der Waals surface area contributed by atoms with Crippen molar-refractivity contribution in [3.05, 3.63) is 119 Å². The van der Waals surface area contributed by atoms with Crippen molar-refractivity contribution in [2.75, 3.05) is 30.8 Å². The lowest BCUT2D eigenvalue weighted by molar-refractivity contribution is 0.0813. The van der Waals surface area contributed by atoms with Gasteiger partial charge in [0, 0.05) is 51.8 Å².